The lowest BCUT2D eigenvalue weighted by Crippen LogP contribution is -2.20. The summed E-state index contributed by atoms with van der Waals surface area (Å²) in [6, 6.07) is 23.4. The molecule has 0 unspecified atom stereocenters. The van der Waals surface area contributed by atoms with Crippen molar-refractivity contribution in [1.29, 1.82) is 0 Å². The van der Waals surface area contributed by atoms with Crippen LogP contribution in [0.5, 0.6) is 5.75 Å². The molecule has 0 spiro atoms. The van der Waals surface area contributed by atoms with Crippen molar-refractivity contribution >= 4 is 12.0 Å². The molecule has 0 aliphatic heterocycles. The van der Waals surface area contributed by atoms with Gasteiger partial charge in [-0.25, -0.2) is 0 Å². The number of aromatic nitrogens is 3. The number of amides is 1. The van der Waals surface area contributed by atoms with E-state index < -0.39 is 0 Å². The van der Waals surface area contributed by atoms with E-state index in [-0.39, 0.29) is 5.91 Å². The lowest BCUT2D eigenvalue weighted by molar-refractivity contribution is -0.116. The number of hydrogen-bond donors (Lipinski definition) is 1. The van der Waals surface area contributed by atoms with Gasteiger partial charge < -0.3 is 10.1 Å². The zero-order chi connectivity index (χ0) is 22.0. The third-order valence-electron chi connectivity index (χ3n) is 4.81. The molecule has 1 amide bonds. The van der Waals surface area contributed by atoms with Crippen molar-refractivity contribution in [3.63, 3.8) is 0 Å². The summed E-state index contributed by atoms with van der Waals surface area (Å²) < 4.78 is 7.60. The van der Waals surface area contributed by atoms with Crippen LogP contribution in [0.25, 0.3) is 6.08 Å². The van der Waals surface area contributed by atoms with Crippen LogP contribution >= 0.6 is 0 Å². The monoisotopic (exact) mass is 424 g/mol. The molecule has 4 rings (SSSR count). The maximum absolute atomic E-state index is 12.2. The smallest absolute Gasteiger partial charge is 0.244 e. The van der Waals surface area contributed by atoms with Crippen LogP contribution in [0.15, 0.2) is 97.5 Å². The van der Waals surface area contributed by atoms with Crippen molar-refractivity contribution in [3.05, 3.63) is 120 Å². The van der Waals surface area contributed by atoms with E-state index >= 15 is 0 Å². The van der Waals surface area contributed by atoms with Crippen molar-refractivity contribution < 1.29 is 9.53 Å². The quantitative estimate of drug-likeness (QED) is 0.408. The normalized spacial score (nSPS) is 10.9. The highest BCUT2D eigenvalue weighted by Gasteiger charge is 2.00. The second-order valence-corrected chi connectivity index (χ2v) is 7.25. The maximum atomic E-state index is 12.2. The molecule has 6 heteroatoms. The largest absolute Gasteiger partial charge is 0.487 e. The zero-order valence-electron chi connectivity index (χ0n) is 17.6. The van der Waals surface area contributed by atoms with Gasteiger partial charge in [0, 0.05) is 31.2 Å². The van der Waals surface area contributed by atoms with Crippen LogP contribution < -0.4 is 10.1 Å². The number of nitrogens with one attached hydrogen (secondary N) is 1. The SMILES string of the molecule is O=C(C=Cc1ccc(OCc2ccccn2)cc1)NCc1ccc(Cn2cccn2)cc1. The Kier molecular flexibility index (Phi) is 7.06. The Morgan fingerprint density at radius 2 is 1.75 bits per heavy atom. The summed E-state index contributed by atoms with van der Waals surface area (Å²) in [7, 11) is 0. The van der Waals surface area contributed by atoms with Crippen LogP contribution in [-0.2, 0) is 24.5 Å². The predicted octanol–water partition coefficient (Wildman–Crippen LogP) is 4.24. The van der Waals surface area contributed by atoms with Gasteiger partial charge in [-0.2, -0.15) is 5.10 Å². The second kappa shape index (κ2) is 10.7. The van der Waals surface area contributed by atoms with Crippen LogP contribution in [-0.4, -0.2) is 20.7 Å². The number of benzene rings is 2. The van der Waals surface area contributed by atoms with Crippen LogP contribution in [0.1, 0.15) is 22.4 Å². The summed E-state index contributed by atoms with van der Waals surface area (Å²) in [5.41, 5.74) is 4.01. The van der Waals surface area contributed by atoms with Crippen LogP contribution in [0.4, 0.5) is 0 Å². The van der Waals surface area contributed by atoms with E-state index in [1.54, 1.807) is 18.5 Å². The number of carbonyl (C=O) groups is 1. The lowest BCUT2D eigenvalue weighted by Gasteiger charge is -2.06. The number of rotatable bonds is 9. The first-order valence-electron chi connectivity index (χ1n) is 10.4. The van der Waals surface area contributed by atoms with Crippen LogP contribution in [0, 0.1) is 0 Å². The van der Waals surface area contributed by atoms with E-state index in [0.29, 0.717) is 13.2 Å². The van der Waals surface area contributed by atoms with Gasteiger partial charge in [-0.15, -0.1) is 0 Å². The number of pyridine rings is 1. The Labute approximate surface area is 187 Å². The van der Waals surface area contributed by atoms with Crippen molar-refractivity contribution in [3.8, 4) is 5.75 Å². The average Bonchev–Trinajstić information content (AvgIpc) is 3.35. The maximum Gasteiger partial charge on any atom is 0.244 e. The summed E-state index contributed by atoms with van der Waals surface area (Å²) in [4.78, 5) is 16.4. The minimum absolute atomic E-state index is 0.138. The molecule has 0 bridgehead atoms. The molecule has 2 aromatic heterocycles. The van der Waals surface area contributed by atoms with E-state index in [4.69, 9.17) is 4.74 Å². The summed E-state index contributed by atoms with van der Waals surface area (Å²) in [5, 5.41) is 7.12. The molecule has 2 heterocycles. The number of ether oxygens (including phenoxy) is 1. The van der Waals surface area contributed by atoms with Gasteiger partial charge in [-0.1, -0.05) is 42.5 Å². The van der Waals surface area contributed by atoms with Crippen molar-refractivity contribution in [2.45, 2.75) is 19.7 Å². The molecule has 0 saturated carbocycles. The molecule has 160 valence electrons. The van der Waals surface area contributed by atoms with E-state index in [2.05, 4.69) is 27.5 Å². The molecule has 2 aromatic carbocycles. The van der Waals surface area contributed by atoms with Gasteiger partial charge in [0.15, 0.2) is 0 Å². The molecule has 0 aliphatic rings. The molecule has 32 heavy (non-hydrogen) atoms. The summed E-state index contributed by atoms with van der Waals surface area (Å²) >= 11 is 0. The summed E-state index contributed by atoms with van der Waals surface area (Å²) in [6.07, 6.45) is 8.77. The number of carbonyl (C=O) groups excluding carboxylic acids is 1. The molecule has 0 radical (unpaired) electrons. The second-order valence-electron chi connectivity index (χ2n) is 7.25. The molecule has 1 N–H and O–H groups in total. The highest BCUT2D eigenvalue weighted by atomic mass is 16.5. The highest BCUT2D eigenvalue weighted by Crippen LogP contribution is 2.14. The van der Waals surface area contributed by atoms with Gasteiger partial charge in [-0.05, 0) is 53.1 Å². The predicted molar refractivity (Wildman–Crippen MR) is 124 cm³/mol. The molecule has 0 aliphatic carbocycles. The number of hydrogen-bond acceptors (Lipinski definition) is 4. The van der Waals surface area contributed by atoms with Crippen molar-refractivity contribution in [1.82, 2.24) is 20.1 Å². The molecule has 4 aromatic rings. The van der Waals surface area contributed by atoms with Gasteiger partial charge in [0.1, 0.15) is 12.4 Å². The Morgan fingerprint density at radius 1 is 0.938 bits per heavy atom. The molecule has 0 fully saturated rings. The standard InChI is InChI=1S/C26H24N4O2/c31-26(28-18-22-5-7-23(8-6-22)19-30-17-3-16-29-30)14-11-21-9-12-25(13-10-21)32-20-24-4-1-2-15-27-24/h1-17H,18-20H2,(H,28,31). The van der Waals surface area contributed by atoms with E-state index in [1.165, 1.54) is 6.08 Å². The topological polar surface area (TPSA) is 69.0 Å². The van der Waals surface area contributed by atoms with Crippen molar-refractivity contribution in [2.75, 3.05) is 0 Å². The van der Waals surface area contributed by atoms with Gasteiger partial charge in [0.2, 0.25) is 5.91 Å². The third-order valence-corrected chi connectivity index (χ3v) is 4.81. The molecule has 0 atom stereocenters. The highest BCUT2D eigenvalue weighted by molar-refractivity contribution is 5.91. The van der Waals surface area contributed by atoms with Crippen LogP contribution in [0.2, 0.25) is 0 Å². The minimum Gasteiger partial charge on any atom is -0.487 e. The molecular formula is C26H24N4O2. The Bertz CT molecular complexity index is 1140. The Hall–Kier alpha value is -4.19. The average molecular weight is 425 g/mol. The fourth-order valence-corrected chi connectivity index (χ4v) is 3.08. The lowest BCUT2D eigenvalue weighted by atomic mass is 10.1. The first kappa shape index (κ1) is 21.1. The first-order chi connectivity index (χ1) is 15.7. The Balaban J connectivity index is 1.21. The van der Waals surface area contributed by atoms with Gasteiger partial charge in [0.25, 0.3) is 0 Å². The van der Waals surface area contributed by atoms with E-state index in [0.717, 1.165) is 34.7 Å². The Morgan fingerprint density at radius 3 is 2.47 bits per heavy atom. The molecule has 6 nitrogen and oxygen atoms in total. The van der Waals surface area contributed by atoms with Gasteiger partial charge in [0.05, 0.1) is 12.2 Å². The first-order valence-corrected chi connectivity index (χ1v) is 10.4. The fourth-order valence-electron chi connectivity index (χ4n) is 3.08. The zero-order valence-corrected chi connectivity index (χ0v) is 17.6. The van der Waals surface area contributed by atoms with Gasteiger partial charge in [-0.3, -0.25) is 14.5 Å². The summed E-state index contributed by atoms with van der Waals surface area (Å²) in [5.74, 6) is 0.620. The minimum atomic E-state index is -0.138. The summed E-state index contributed by atoms with van der Waals surface area (Å²) in [6.45, 7) is 1.63. The van der Waals surface area contributed by atoms with Crippen molar-refractivity contribution in [2.24, 2.45) is 0 Å². The third kappa shape index (κ3) is 6.40. The van der Waals surface area contributed by atoms with E-state index in [9.17, 15) is 4.79 Å². The molecular weight excluding hydrogens is 400 g/mol. The van der Waals surface area contributed by atoms with Crippen LogP contribution in [0.3, 0.4) is 0 Å². The van der Waals surface area contributed by atoms with E-state index in [1.807, 2.05) is 71.5 Å². The molecule has 0 saturated heterocycles. The number of nitrogens with zero attached hydrogens (tertiary/aromatic N) is 3. The fraction of sp³-hybridized carbons (Fsp3) is 0.115. The van der Waals surface area contributed by atoms with Gasteiger partial charge >= 0.3 is 0 Å².